The highest BCUT2D eigenvalue weighted by molar-refractivity contribution is 14.1. The molecule has 2 amide bonds. The van der Waals surface area contributed by atoms with E-state index in [1.165, 1.54) is 43.4 Å². The average Bonchev–Trinajstić information content (AvgIpc) is 2.88. The molecular formula is C26H21IN2O7S2. The van der Waals surface area contributed by atoms with E-state index in [9.17, 15) is 18.0 Å². The highest BCUT2D eigenvalue weighted by atomic mass is 127. The number of thiocarbonyl (C=S) groups is 1. The first kappa shape index (κ1) is 27.5. The van der Waals surface area contributed by atoms with E-state index in [4.69, 9.17) is 25.9 Å². The molecule has 1 aliphatic rings. The minimum absolute atomic E-state index is 0.00814. The third-order valence-electron chi connectivity index (χ3n) is 5.50. The normalized spacial score (nSPS) is 14.9. The SMILES string of the molecule is COc1ccc(N2C(=O)/C(=C\c3cc(I)c(OS(=O)(=O)c4ccc(C)cc4)c(OC)c3)C(=O)NC2=S)cc1. The van der Waals surface area contributed by atoms with Gasteiger partial charge >= 0.3 is 10.1 Å². The zero-order valence-corrected chi connectivity index (χ0v) is 24.1. The summed E-state index contributed by atoms with van der Waals surface area (Å²) in [5.41, 5.74) is 1.59. The number of methoxy groups -OCH3 is 2. The molecule has 9 nitrogen and oxygen atoms in total. The smallest absolute Gasteiger partial charge is 0.339 e. The average molecular weight is 664 g/mol. The Morgan fingerprint density at radius 3 is 2.24 bits per heavy atom. The lowest BCUT2D eigenvalue weighted by molar-refractivity contribution is -0.122. The topological polar surface area (TPSA) is 111 Å². The van der Waals surface area contributed by atoms with Crippen molar-refractivity contribution in [2.45, 2.75) is 11.8 Å². The Kier molecular flexibility index (Phi) is 8.04. The molecule has 0 unspecified atom stereocenters. The number of amides is 2. The molecule has 3 aromatic rings. The van der Waals surface area contributed by atoms with Crippen molar-refractivity contribution in [3.05, 3.63) is 80.9 Å². The van der Waals surface area contributed by atoms with Crippen molar-refractivity contribution in [3.63, 3.8) is 0 Å². The van der Waals surface area contributed by atoms with Crippen LogP contribution in [-0.2, 0) is 19.7 Å². The fourth-order valence-electron chi connectivity index (χ4n) is 3.56. The Bertz CT molecular complexity index is 1570. The van der Waals surface area contributed by atoms with Crippen LogP contribution in [0.3, 0.4) is 0 Å². The molecule has 0 aromatic heterocycles. The third kappa shape index (κ3) is 5.66. The first-order valence-electron chi connectivity index (χ1n) is 11.0. The number of hydrogen-bond acceptors (Lipinski definition) is 8. The van der Waals surface area contributed by atoms with E-state index in [2.05, 4.69) is 5.32 Å². The molecule has 38 heavy (non-hydrogen) atoms. The number of ether oxygens (including phenoxy) is 2. The molecule has 1 saturated heterocycles. The Morgan fingerprint density at radius 1 is 0.974 bits per heavy atom. The van der Waals surface area contributed by atoms with Crippen molar-refractivity contribution in [3.8, 4) is 17.2 Å². The standard InChI is InChI=1S/C26H21IN2O7S2/c1-15-4-10-19(11-5-15)38(32,33)36-23-21(27)13-16(14-22(23)35-3)12-20-24(30)28-26(37)29(25(20)31)17-6-8-18(34-2)9-7-17/h4-14H,1-3H3,(H,28,30,37)/b20-12-. The molecule has 0 atom stereocenters. The van der Waals surface area contributed by atoms with Crippen molar-refractivity contribution < 1.29 is 31.7 Å². The van der Waals surface area contributed by atoms with Gasteiger partial charge in [0.05, 0.1) is 23.5 Å². The molecule has 196 valence electrons. The van der Waals surface area contributed by atoms with Gasteiger partial charge in [0, 0.05) is 0 Å². The van der Waals surface area contributed by atoms with Crippen molar-refractivity contribution in [1.29, 1.82) is 0 Å². The van der Waals surface area contributed by atoms with Crippen molar-refractivity contribution in [1.82, 2.24) is 5.32 Å². The van der Waals surface area contributed by atoms with Crippen LogP contribution in [0, 0.1) is 10.5 Å². The monoisotopic (exact) mass is 664 g/mol. The number of benzene rings is 3. The van der Waals surface area contributed by atoms with Gasteiger partial charge < -0.3 is 13.7 Å². The van der Waals surface area contributed by atoms with Crippen LogP contribution in [0.2, 0.25) is 0 Å². The summed E-state index contributed by atoms with van der Waals surface area (Å²) in [7, 11) is -1.26. The van der Waals surface area contributed by atoms with Gasteiger partial charge in [0.1, 0.15) is 16.2 Å². The summed E-state index contributed by atoms with van der Waals surface area (Å²) in [6, 6.07) is 15.9. The summed E-state index contributed by atoms with van der Waals surface area (Å²) < 4.78 is 42.0. The third-order valence-corrected chi connectivity index (χ3v) is 7.82. The van der Waals surface area contributed by atoms with Gasteiger partial charge in [-0.15, -0.1) is 0 Å². The summed E-state index contributed by atoms with van der Waals surface area (Å²) in [5, 5.41) is 2.47. The predicted octanol–water partition coefficient (Wildman–Crippen LogP) is 4.22. The Balaban J connectivity index is 1.68. The van der Waals surface area contributed by atoms with E-state index in [-0.39, 0.29) is 27.1 Å². The van der Waals surface area contributed by atoms with E-state index in [0.29, 0.717) is 20.6 Å². The van der Waals surface area contributed by atoms with Gasteiger partial charge in [0.25, 0.3) is 11.8 Å². The van der Waals surface area contributed by atoms with Crippen molar-refractivity contribution in [2.24, 2.45) is 0 Å². The Hall–Kier alpha value is -3.49. The van der Waals surface area contributed by atoms with Gasteiger partial charge in [-0.05, 0) is 102 Å². The number of aryl methyl sites for hydroxylation is 1. The Morgan fingerprint density at radius 2 is 1.63 bits per heavy atom. The quantitative estimate of drug-likeness (QED) is 0.132. The first-order chi connectivity index (χ1) is 18.0. The summed E-state index contributed by atoms with van der Waals surface area (Å²) in [6.45, 7) is 1.84. The molecule has 0 bridgehead atoms. The predicted molar refractivity (Wildman–Crippen MR) is 154 cm³/mol. The zero-order chi connectivity index (χ0) is 27.6. The molecule has 0 saturated carbocycles. The van der Waals surface area contributed by atoms with Crippen molar-refractivity contribution in [2.75, 3.05) is 19.1 Å². The second kappa shape index (κ2) is 11.1. The number of nitrogens with zero attached hydrogens (tertiary/aromatic N) is 1. The molecule has 0 radical (unpaired) electrons. The second-order valence-electron chi connectivity index (χ2n) is 8.04. The van der Waals surface area contributed by atoms with Crippen LogP contribution in [0.25, 0.3) is 6.08 Å². The fourth-order valence-corrected chi connectivity index (χ4v) is 5.68. The van der Waals surface area contributed by atoms with Crippen LogP contribution in [-0.4, -0.2) is 39.6 Å². The number of rotatable bonds is 7. The molecular weight excluding hydrogens is 643 g/mol. The van der Waals surface area contributed by atoms with Gasteiger partial charge in [-0.1, -0.05) is 17.7 Å². The Labute approximate surface area is 238 Å². The van der Waals surface area contributed by atoms with E-state index in [1.54, 1.807) is 42.5 Å². The molecule has 1 heterocycles. The number of carbonyl (C=O) groups is 2. The maximum Gasteiger partial charge on any atom is 0.339 e. The number of anilines is 1. The van der Waals surface area contributed by atoms with Crippen LogP contribution >= 0.6 is 34.8 Å². The number of hydrogen-bond donors (Lipinski definition) is 1. The lowest BCUT2D eigenvalue weighted by atomic mass is 10.1. The molecule has 0 spiro atoms. The van der Waals surface area contributed by atoms with Crippen molar-refractivity contribution >= 4 is 73.6 Å². The maximum absolute atomic E-state index is 13.3. The highest BCUT2D eigenvalue weighted by Gasteiger charge is 2.34. The van der Waals surface area contributed by atoms with E-state index < -0.39 is 21.9 Å². The molecule has 1 N–H and O–H groups in total. The van der Waals surface area contributed by atoms with Crippen LogP contribution in [0.1, 0.15) is 11.1 Å². The maximum atomic E-state index is 13.3. The summed E-state index contributed by atoms with van der Waals surface area (Å²) in [4.78, 5) is 27.2. The number of nitrogens with one attached hydrogen (secondary N) is 1. The van der Waals surface area contributed by atoms with Crippen LogP contribution in [0.4, 0.5) is 5.69 Å². The second-order valence-corrected chi connectivity index (χ2v) is 11.1. The highest BCUT2D eigenvalue weighted by Crippen LogP contribution is 2.37. The first-order valence-corrected chi connectivity index (χ1v) is 13.9. The van der Waals surface area contributed by atoms with Crippen LogP contribution in [0.5, 0.6) is 17.2 Å². The summed E-state index contributed by atoms with van der Waals surface area (Å²) >= 11 is 7.14. The van der Waals surface area contributed by atoms with E-state index in [1.807, 2.05) is 29.5 Å². The summed E-state index contributed by atoms with van der Waals surface area (Å²) in [6.07, 6.45) is 1.37. The van der Waals surface area contributed by atoms with Gasteiger partial charge in [-0.25, -0.2) is 0 Å². The molecule has 12 heteroatoms. The molecule has 3 aromatic carbocycles. The lowest BCUT2D eigenvalue weighted by Gasteiger charge is -2.29. The zero-order valence-electron chi connectivity index (χ0n) is 20.4. The minimum atomic E-state index is -4.14. The number of halogens is 1. The molecule has 1 aliphatic heterocycles. The van der Waals surface area contributed by atoms with Crippen LogP contribution < -0.4 is 23.9 Å². The van der Waals surface area contributed by atoms with E-state index >= 15 is 0 Å². The van der Waals surface area contributed by atoms with Crippen LogP contribution in [0.15, 0.2) is 71.1 Å². The fraction of sp³-hybridized carbons (Fsp3) is 0.115. The number of carbonyl (C=O) groups excluding carboxylic acids is 2. The van der Waals surface area contributed by atoms with Gasteiger partial charge in [0.15, 0.2) is 16.6 Å². The molecule has 0 aliphatic carbocycles. The molecule has 4 rings (SSSR count). The summed E-state index contributed by atoms with van der Waals surface area (Å²) in [5.74, 6) is -0.611. The largest absolute Gasteiger partial charge is 0.497 e. The lowest BCUT2D eigenvalue weighted by Crippen LogP contribution is -2.54. The van der Waals surface area contributed by atoms with Gasteiger partial charge in [-0.3, -0.25) is 19.8 Å². The minimum Gasteiger partial charge on any atom is -0.497 e. The molecule has 1 fully saturated rings. The van der Waals surface area contributed by atoms with E-state index in [0.717, 1.165) is 5.56 Å². The van der Waals surface area contributed by atoms with Gasteiger partial charge in [-0.2, -0.15) is 8.42 Å². The van der Waals surface area contributed by atoms with Gasteiger partial charge in [0.2, 0.25) is 0 Å².